The molecule has 0 unspecified atom stereocenters. The lowest BCUT2D eigenvalue weighted by Crippen LogP contribution is -2.37. The first-order valence-electron chi connectivity index (χ1n) is 10.9. The zero-order valence-electron chi connectivity index (χ0n) is 17.8. The molecule has 0 aliphatic carbocycles. The number of ether oxygens (including phenoxy) is 1. The second-order valence-electron chi connectivity index (χ2n) is 8.01. The van der Waals surface area contributed by atoms with E-state index in [1.54, 1.807) is 6.20 Å². The Bertz CT molecular complexity index is 1080. The summed E-state index contributed by atoms with van der Waals surface area (Å²) in [6.07, 6.45) is 3.76. The van der Waals surface area contributed by atoms with Crippen molar-refractivity contribution in [2.24, 2.45) is 5.92 Å². The normalized spacial score (nSPS) is 14.9. The minimum absolute atomic E-state index is 0.0888. The maximum Gasteiger partial charge on any atom is 0.411 e. The second kappa shape index (κ2) is 10.7. The Hall–Kier alpha value is -2.77. The number of carbonyl (C=O) groups excluding carboxylic acids is 2. The van der Waals surface area contributed by atoms with Crippen molar-refractivity contribution in [3.63, 3.8) is 0 Å². The second-order valence-corrected chi connectivity index (χ2v) is 8.93. The van der Waals surface area contributed by atoms with E-state index in [-0.39, 0.29) is 11.7 Å². The quantitative estimate of drug-likeness (QED) is 0.344. The van der Waals surface area contributed by atoms with Crippen molar-refractivity contribution in [2.45, 2.75) is 19.3 Å². The minimum atomic E-state index is -0.459. The smallest absolute Gasteiger partial charge is 0.411 e. The summed E-state index contributed by atoms with van der Waals surface area (Å²) in [6, 6.07) is 17.0. The molecule has 0 radical (unpaired) electrons. The monoisotopic (exact) mass is 495 g/mol. The van der Waals surface area contributed by atoms with Crippen molar-refractivity contribution in [1.82, 2.24) is 9.88 Å². The van der Waals surface area contributed by atoms with Crippen LogP contribution in [0.2, 0.25) is 0 Å². The maximum atomic E-state index is 12.7. The van der Waals surface area contributed by atoms with Crippen LogP contribution in [-0.2, 0) is 4.74 Å². The largest absolute Gasteiger partial charge is 0.449 e. The summed E-state index contributed by atoms with van der Waals surface area (Å²) in [7, 11) is 0. The molecule has 1 saturated heterocycles. The lowest BCUT2D eigenvalue weighted by molar-refractivity contribution is 0.0830. The number of fused-ring (bicyclic) bond motifs is 1. The van der Waals surface area contributed by atoms with Gasteiger partial charge in [0.25, 0.3) is 0 Å². The SMILES string of the molecule is O=C(Nc1ccc2cccnc2c1)OCCCN1CCC(C(=O)c2ccc(Br)cc2)CC1. The van der Waals surface area contributed by atoms with E-state index in [9.17, 15) is 9.59 Å². The van der Waals surface area contributed by atoms with Gasteiger partial charge in [0.15, 0.2) is 5.78 Å². The molecule has 6 nitrogen and oxygen atoms in total. The van der Waals surface area contributed by atoms with Gasteiger partial charge in [-0.15, -0.1) is 0 Å². The standard InChI is InChI=1S/C25H26BrN3O3/c26-21-7-4-19(5-8-21)24(30)20-10-14-29(15-11-20)13-2-16-32-25(31)28-22-9-6-18-3-1-12-27-23(18)17-22/h1,3-9,12,17,20H,2,10-11,13-16H2,(H,28,31). The van der Waals surface area contributed by atoms with Gasteiger partial charge in [0.1, 0.15) is 0 Å². The summed E-state index contributed by atoms with van der Waals surface area (Å²) in [4.78, 5) is 31.4. The molecule has 1 fully saturated rings. The van der Waals surface area contributed by atoms with Crippen LogP contribution in [0, 0.1) is 5.92 Å². The number of ketones is 1. The Morgan fingerprint density at radius 1 is 1.09 bits per heavy atom. The number of amides is 1. The van der Waals surface area contributed by atoms with Crippen LogP contribution in [0.25, 0.3) is 10.9 Å². The number of piperidine rings is 1. The number of nitrogens with one attached hydrogen (secondary N) is 1. The van der Waals surface area contributed by atoms with Crippen LogP contribution in [-0.4, -0.2) is 48.0 Å². The highest BCUT2D eigenvalue weighted by Gasteiger charge is 2.25. The molecule has 166 valence electrons. The summed E-state index contributed by atoms with van der Waals surface area (Å²) < 4.78 is 6.30. The third kappa shape index (κ3) is 5.93. The van der Waals surface area contributed by atoms with E-state index in [0.29, 0.717) is 12.3 Å². The van der Waals surface area contributed by atoms with Gasteiger partial charge >= 0.3 is 6.09 Å². The third-order valence-corrected chi connectivity index (χ3v) is 6.32. The van der Waals surface area contributed by atoms with Crippen LogP contribution < -0.4 is 5.32 Å². The molecule has 4 rings (SSSR count). The molecule has 1 amide bonds. The summed E-state index contributed by atoms with van der Waals surface area (Å²) >= 11 is 3.41. The molecule has 2 heterocycles. The number of hydrogen-bond acceptors (Lipinski definition) is 5. The highest BCUT2D eigenvalue weighted by Crippen LogP contribution is 2.23. The number of likely N-dealkylation sites (tertiary alicyclic amines) is 1. The van der Waals surface area contributed by atoms with Gasteiger partial charge in [-0.1, -0.05) is 40.2 Å². The highest BCUT2D eigenvalue weighted by atomic mass is 79.9. The average molecular weight is 496 g/mol. The third-order valence-electron chi connectivity index (χ3n) is 5.79. The van der Waals surface area contributed by atoms with Gasteiger partial charge in [-0.25, -0.2) is 4.79 Å². The van der Waals surface area contributed by atoms with Crippen LogP contribution in [0.4, 0.5) is 10.5 Å². The summed E-state index contributed by atoms with van der Waals surface area (Å²) in [5, 5.41) is 3.78. The Morgan fingerprint density at radius 2 is 1.88 bits per heavy atom. The van der Waals surface area contributed by atoms with Gasteiger partial charge in [0, 0.05) is 39.8 Å². The van der Waals surface area contributed by atoms with Gasteiger partial charge in [-0.3, -0.25) is 15.1 Å². The first kappa shape index (κ1) is 22.4. The van der Waals surface area contributed by atoms with Crippen LogP contribution in [0.5, 0.6) is 0 Å². The first-order chi connectivity index (χ1) is 15.6. The van der Waals surface area contributed by atoms with E-state index in [0.717, 1.165) is 59.8 Å². The summed E-state index contributed by atoms with van der Waals surface area (Å²) in [5.74, 6) is 0.326. The van der Waals surface area contributed by atoms with Crippen LogP contribution in [0.1, 0.15) is 29.6 Å². The lowest BCUT2D eigenvalue weighted by Gasteiger charge is -2.31. The van der Waals surface area contributed by atoms with Gasteiger partial charge in [0.05, 0.1) is 12.1 Å². The molecule has 0 spiro atoms. The Kier molecular flexibility index (Phi) is 7.50. The molecule has 2 aromatic carbocycles. The van der Waals surface area contributed by atoms with Gasteiger partial charge in [0.2, 0.25) is 0 Å². The highest BCUT2D eigenvalue weighted by molar-refractivity contribution is 9.10. The number of benzene rings is 2. The van der Waals surface area contributed by atoms with E-state index in [4.69, 9.17) is 4.74 Å². The number of rotatable bonds is 7. The van der Waals surface area contributed by atoms with Crippen molar-refractivity contribution < 1.29 is 14.3 Å². The molecule has 1 aliphatic rings. The van der Waals surface area contributed by atoms with Gasteiger partial charge in [-0.05, 0) is 62.7 Å². The van der Waals surface area contributed by atoms with E-state index in [1.807, 2.05) is 54.6 Å². The molecule has 0 bridgehead atoms. The number of halogens is 1. The van der Waals surface area contributed by atoms with Crippen LogP contribution in [0.15, 0.2) is 65.3 Å². The summed E-state index contributed by atoms with van der Waals surface area (Å²) in [6.45, 7) is 2.99. The van der Waals surface area contributed by atoms with E-state index < -0.39 is 6.09 Å². The van der Waals surface area contributed by atoms with Crippen molar-refractivity contribution in [1.29, 1.82) is 0 Å². The predicted molar refractivity (Wildman–Crippen MR) is 129 cm³/mol. The number of hydrogen-bond donors (Lipinski definition) is 1. The number of nitrogens with zero attached hydrogens (tertiary/aromatic N) is 2. The fraction of sp³-hybridized carbons (Fsp3) is 0.320. The zero-order valence-corrected chi connectivity index (χ0v) is 19.4. The molecule has 7 heteroatoms. The number of pyridine rings is 1. The molecular weight excluding hydrogens is 470 g/mol. The van der Waals surface area contributed by atoms with Gasteiger partial charge < -0.3 is 9.64 Å². The molecule has 0 atom stereocenters. The Morgan fingerprint density at radius 3 is 2.66 bits per heavy atom. The fourth-order valence-electron chi connectivity index (χ4n) is 4.02. The fourth-order valence-corrected chi connectivity index (χ4v) is 4.28. The number of Topliss-reactive ketones (excluding diaryl/α,β-unsaturated/α-hetero) is 1. The number of aromatic nitrogens is 1. The maximum absolute atomic E-state index is 12.7. The Labute approximate surface area is 196 Å². The molecule has 3 aromatic rings. The average Bonchev–Trinajstić information content (AvgIpc) is 2.82. The van der Waals surface area contributed by atoms with E-state index in [1.165, 1.54) is 0 Å². The van der Waals surface area contributed by atoms with E-state index >= 15 is 0 Å². The van der Waals surface area contributed by atoms with Crippen LogP contribution >= 0.6 is 15.9 Å². The number of anilines is 1. The lowest BCUT2D eigenvalue weighted by atomic mass is 9.89. The molecular formula is C25H26BrN3O3. The van der Waals surface area contributed by atoms with E-state index in [2.05, 4.69) is 31.1 Å². The van der Waals surface area contributed by atoms with Crippen molar-refractivity contribution in [3.8, 4) is 0 Å². The summed E-state index contributed by atoms with van der Waals surface area (Å²) in [5.41, 5.74) is 2.28. The predicted octanol–water partition coefficient (Wildman–Crippen LogP) is 5.53. The topological polar surface area (TPSA) is 71.5 Å². The van der Waals surface area contributed by atoms with Crippen LogP contribution in [0.3, 0.4) is 0 Å². The molecule has 1 aliphatic heterocycles. The van der Waals surface area contributed by atoms with Crippen molar-refractivity contribution in [2.75, 3.05) is 31.6 Å². The first-order valence-corrected chi connectivity index (χ1v) is 11.7. The molecule has 32 heavy (non-hydrogen) atoms. The zero-order chi connectivity index (χ0) is 22.3. The Balaban J connectivity index is 1.14. The van der Waals surface area contributed by atoms with Crippen molar-refractivity contribution in [3.05, 3.63) is 70.8 Å². The number of carbonyl (C=O) groups is 2. The molecule has 0 saturated carbocycles. The molecule has 1 aromatic heterocycles. The van der Waals surface area contributed by atoms with Gasteiger partial charge in [-0.2, -0.15) is 0 Å². The van der Waals surface area contributed by atoms with Crippen molar-refractivity contribution >= 4 is 44.4 Å². The minimum Gasteiger partial charge on any atom is -0.449 e. The molecule has 1 N–H and O–H groups in total.